The van der Waals surface area contributed by atoms with E-state index in [9.17, 15) is 70.2 Å². The van der Waals surface area contributed by atoms with Crippen molar-refractivity contribution < 1.29 is 70.2 Å². The highest BCUT2D eigenvalue weighted by Gasteiger charge is 2.91. The van der Waals surface area contributed by atoms with Gasteiger partial charge in [0.05, 0.1) is 5.57 Å². The maximum Gasteiger partial charge on any atom is 0.438 e. The van der Waals surface area contributed by atoms with Crippen molar-refractivity contribution in [3.8, 4) is 0 Å². The normalized spacial score (nSPS) is 19.6. The predicted molar refractivity (Wildman–Crippen MR) is 48.2 cm³/mol. The zero-order valence-corrected chi connectivity index (χ0v) is 11.0. The van der Waals surface area contributed by atoms with E-state index in [1.807, 2.05) is 0 Å². The first-order chi connectivity index (χ1) is 11.1. The topological polar surface area (TPSA) is 0 Å². The minimum Gasteiger partial charge on any atom is -0.216 e. The van der Waals surface area contributed by atoms with Crippen LogP contribution in [0.5, 0.6) is 0 Å². The maximum absolute atomic E-state index is 13.4. The third kappa shape index (κ3) is 2.46. The number of hydrogen-bond donors (Lipinski definition) is 0. The second kappa shape index (κ2) is 5.43. The SMILES string of the molecule is FC(F)=C1C(C(F)(F)C(F)(F)C(F)(C(F)(F)F)C(F)(F)F)=C(F)C1(F)F. The Morgan fingerprint density at radius 2 is 1.04 bits per heavy atom. The van der Waals surface area contributed by atoms with E-state index in [1.165, 1.54) is 0 Å². The van der Waals surface area contributed by atoms with Crippen molar-refractivity contribution in [1.82, 2.24) is 0 Å². The third-order valence-electron chi connectivity index (χ3n) is 3.17. The van der Waals surface area contributed by atoms with Crippen LogP contribution in [-0.4, -0.2) is 35.8 Å². The lowest BCUT2D eigenvalue weighted by atomic mass is 9.76. The van der Waals surface area contributed by atoms with Gasteiger partial charge in [-0.2, -0.15) is 61.5 Å². The Bertz CT molecular complexity index is 637. The molecule has 152 valence electrons. The van der Waals surface area contributed by atoms with Crippen molar-refractivity contribution in [1.29, 1.82) is 0 Å². The van der Waals surface area contributed by atoms with E-state index in [1.54, 1.807) is 0 Å². The van der Waals surface area contributed by atoms with Crippen molar-refractivity contribution in [2.75, 3.05) is 0 Å². The molecule has 0 bridgehead atoms. The lowest BCUT2D eigenvalue weighted by Gasteiger charge is -2.43. The van der Waals surface area contributed by atoms with Crippen LogP contribution in [-0.2, 0) is 0 Å². The summed E-state index contributed by atoms with van der Waals surface area (Å²) in [6.07, 6.45) is -19.6. The van der Waals surface area contributed by atoms with Crippen LogP contribution < -0.4 is 0 Å². The summed E-state index contributed by atoms with van der Waals surface area (Å²) in [5.74, 6) is -25.0. The molecule has 0 aromatic carbocycles. The molecule has 0 radical (unpaired) electrons. The van der Waals surface area contributed by atoms with Crippen LogP contribution >= 0.6 is 0 Å². The first-order valence-electron chi connectivity index (χ1n) is 5.52. The Balaban J connectivity index is 3.82. The summed E-state index contributed by atoms with van der Waals surface area (Å²) in [6.45, 7) is 0. The summed E-state index contributed by atoms with van der Waals surface area (Å²) in [5.41, 5.74) is -15.5. The Hall–Kier alpha value is -1.64. The van der Waals surface area contributed by atoms with Gasteiger partial charge in [0, 0.05) is 0 Å². The largest absolute Gasteiger partial charge is 0.438 e. The number of rotatable bonds is 3. The molecule has 0 fully saturated rings. The van der Waals surface area contributed by atoms with Gasteiger partial charge in [-0.05, 0) is 0 Å². The quantitative estimate of drug-likeness (QED) is 0.480. The fourth-order valence-electron chi connectivity index (χ4n) is 1.87. The van der Waals surface area contributed by atoms with Gasteiger partial charge in [0.25, 0.3) is 6.08 Å². The molecule has 0 amide bonds. The van der Waals surface area contributed by atoms with Crippen LogP contribution in [0.15, 0.2) is 23.1 Å². The highest BCUT2D eigenvalue weighted by molar-refractivity contribution is 5.59. The number of hydrogen-bond acceptors (Lipinski definition) is 0. The number of alkyl halides is 13. The highest BCUT2D eigenvalue weighted by atomic mass is 19.4. The van der Waals surface area contributed by atoms with Gasteiger partial charge >= 0.3 is 35.8 Å². The molecule has 0 aromatic rings. The minimum absolute atomic E-state index is 3.58. The Labute approximate surface area is 130 Å². The molecule has 0 heterocycles. The van der Waals surface area contributed by atoms with Gasteiger partial charge in [-0.3, -0.25) is 0 Å². The molecule has 0 atom stereocenters. The standard InChI is InChI=1S/C10F16/c11-3-1(2(4(12)13)5(3,14)15)6(16,17)8(19,20)7(18,9(21,22)23)10(24,25)26. The highest BCUT2D eigenvalue weighted by Crippen LogP contribution is 2.65. The van der Waals surface area contributed by atoms with E-state index < -0.39 is 58.8 Å². The van der Waals surface area contributed by atoms with Crippen LogP contribution in [0.2, 0.25) is 0 Å². The molecular weight excluding hydrogens is 424 g/mol. The van der Waals surface area contributed by atoms with Gasteiger partial charge in [0.1, 0.15) is 5.57 Å². The molecular formula is C10F16. The van der Waals surface area contributed by atoms with E-state index >= 15 is 0 Å². The molecule has 1 aliphatic rings. The zero-order chi connectivity index (χ0) is 21.3. The molecule has 0 saturated carbocycles. The van der Waals surface area contributed by atoms with Crippen molar-refractivity contribution in [2.24, 2.45) is 0 Å². The monoisotopic (exact) mass is 424 g/mol. The fourth-order valence-corrected chi connectivity index (χ4v) is 1.87. The van der Waals surface area contributed by atoms with Crippen LogP contribution in [0.25, 0.3) is 0 Å². The number of allylic oxidation sites excluding steroid dienone is 3. The maximum atomic E-state index is 13.4. The van der Waals surface area contributed by atoms with Crippen LogP contribution in [0.1, 0.15) is 0 Å². The molecule has 0 unspecified atom stereocenters. The molecule has 0 nitrogen and oxygen atoms in total. The van der Waals surface area contributed by atoms with Crippen molar-refractivity contribution in [3.05, 3.63) is 23.1 Å². The fraction of sp³-hybridized carbons (Fsp3) is 0.600. The van der Waals surface area contributed by atoms with Gasteiger partial charge < -0.3 is 0 Å². The summed E-state index contributed by atoms with van der Waals surface area (Å²) >= 11 is 0. The van der Waals surface area contributed by atoms with Gasteiger partial charge in [-0.15, -0.1) is 0 Å². The lowest BCUT2D eigenvalue weighted by molar-refractivity contribution is -0.422. The molecule has 0 saturated heterocycles. The van der Waals surface area contributed by atoms with Crippen molar-refractivity contribution in [3.63, 3.8) is 0 Å². The Morgan fingerprint density at radius 1 is 0.692 bits per heavy atom. The zero-order valence-electron chi connectivity index (χ0n) is 11.0. The molecule has 0 aliphatic heterocycles. The van der Waals surface area contributed by atoms with E-state index in [2.05, 4.69) is 0 Å². The first kappa shape index (κ1) is 22.4. The smallest absolute Gasteiger partial charge is 0.216 e. The lowest BCUT2D eigenvalue weighted by Crippen LogP contribution is -2.71. The average molecular weight is 424 g/mol. The molecule has 0 N–H and O–H groups in total. The first-order valence-corrected chi connectivity index (χ1v) is 5.52. The van der Waals surface area contributed by atoms with E-state index in [0.717, 1.165) is 0 Å². The Morgan fingerprint density at radius 3 is 1.31 bits per heavy atom. The van der Waals surface area contributed by atoms with Crippen LogP contribution in [0, 0.1) is 0 Å². The summed E-state index contributed by atoms with van der Waals surface area (Å²) in [5, 5.41) is 0. The van der Waals surface area contributed by atoms with E-state index in [4.69, 9.17) is 0 Å². The van der Waals surface area contributed by atoms with E-state index in [-0.39, 0.29) is 0 Å². The molecule has 0 aromatic heterocycles. The third-order valence-corrected chi connectivity index (χ3v) is 3.17. The molecule has 16 heteroatoms. The van der Waals surface area contributed by atoms with E-state index in [0.29, 0.717) is 0 Å². The molecule has 1 aliphatic carbocycles. The van der Waals surface area contributed by atoms with Gasteiger partial charge in [0.2, 0.25) is 0 Å². The molecule has 0 spiro atoms. The van der Waals surface area contributed by atoms with Crippen LogP contribution in [0.4, 0.5) is 70.2 Å². The van der Waals surface area contributed by atoms with Crippen LogP contribution in [0.3, 0.4) is 0 Å². The molecule has 26 heavy (non-hydrogen) atoms. The summed E-state index contributed by atoms with van der Waals surface area (Å²) in [6, 6.07) is 0. The predicted octanol–water partition coefficient (Wildman–Crippen LogP) is 6.11. The second-order valence-corrected chi connectivity index (χ2v) is 4.70. The minimum atomic E-state index is -8.09. The van der Waals surface area contributed by atoms with Crippen molar-refractivity contribution >= 4 is 0 Å². The second-order valence-electron chi connectivity index (χ2n) is 4.70. The summed E-state index contributed by atoms with van der Waals surface area (Å²) < 4.78 is 202. The van der Waals surface area contributed by atoms with Crippen molar-refractivity contribution in [2.45, 2.75) is 35.8 Å². The molecule has 1 rings (SSSR count). The summed E-state index contributed by atoms with van der Waals surface area (Å²) in [7, 11) is 0. The summed E-state index contributed by atoms with van der Waals surface area (Å²) in [4.78, 5) is 0. The van der Waals surface area contributed by atoms with Gasteiger partial charge in [-0.25, -0.2) is 8.78 Å². The van der Waals surface area contributed by atoms with Gasteiger partial charge in [0.15, 0.2) is 5.83 Å². The van der Waals surface area contributed by atoms with Gasteiger partial charge in [-0.1, -0.05) is 0 Å². The average Bonchev–Trinajstić information content (AvgIpc) is 2.39. The number of halogens is 16. The Kier molecular flexibility index (Phi) is 4.68.